The molecule has 0 spiro atoms. The number of hydrogen-bond donors (Lipinski definition) is 0. The summed E-state index contributed by atoms with van der Waals surface area (Å²) in [4.78, 5) is 18.7. The molecule has 1 aliphatic heterocycles. The van der Waals surface area contributed by atoms with Crippen LogP contribution in [0.4, 0.5) is 5.69 Å². The summed E-state index contributed by atoms with van der Waals surface area (Å²) in [5.41, 5.74) is 2.98. The molecule has 26 heavy (non-hydrogen) atoms. The smallest absolute Gasteiger partial charge is 0.257 e. The zero-order valence-electron chi connectivity index (χ0n) is 14.4. The lowest BCUT2D eigenvalue weighted by Gasteiger charge is -2.16. The first-order valence-corrected chi connectivity index (χ1v) is 9.00. The SMILES string of the molecule is CCc1ccc(-c2nc([C@@H]3CC(=O)N(c4ccc(Cl)cc4)C3)no2)cc1. The molecule has 1 fully saturated rings. The molecule has 1 amide bonds. The molecule has 0 aliphatic carbocycles. The number of amides is 1. The van der Waals surface area contributed by atoms with Crippen LogP contribution in [-0.4, -0.2) is 22.6 Å². The number of aryl methyl sites for hydroxylation is 1. The van der Waals surface area contributed by atoms with Crippen molar-refractivity contribution in [2.75, 3.05) is 11.4 Å². The third-order valence-electron chi connectivity index (χ3n) is 4.68. The van der Waals surface area contributed by atoms with E-state index in [-0.39, 0.29) is 11.8 Å². The van der Waals surface area contributed by atoms with Crippen molar-refractivity contribution in [1.82, 2.24) is 10.1 Å². The van der Waals surface area contributed by atoms with Crippen LogP contribution in [0.1, 0.15) is 30.7 Å². The largest absolute Gasteiger partial charge is 0.334 e. The Morgan fingerprint density at radius 3 is 2.58 bits per heavy atom. The highest BCUT2D eigenvalue weighted by atomic mass is 35.5. The average Bonchev–Trinajstić information content (AvgIpc) is 3.29. The molecule has 2 heterocycles. The molecular formula is C20H18ClN3O2. The quantitative estimate of drug-likeness (QED) is 0.682. The van der Waals surface area contributed by atoms with Crippen LogP contribution < -0.4 is 4.90 Å². The van der Waals surface area contributed by atoms with Gasteiger partial charge in [-0.25, -0.2) is 0 Å². The van der Waals surface area contributed by atoms with Gasteiger partial charge in [0.2, 0.25) is 5.91 Å². The molecule has 0 saturated carbocycles. The molecule has 4 rings (SSSR count). The Hall–Kier alpha value is -2.66. The van der Waals surface area contributed by atoms with E-state index in [0.29, 0.717) is 29.7 Å². The van der Waals surface area contributed by atoms with Crippen LogP contribution >= 0.6 is 11.6 Å². The standard InChI is InChI=1S/C20H18ClN3O2/c1-2-13-3-5-14(6-4-13)20-22-19(23-26-20)15-11-18(25)24(12-15)17-9-7-16(21)8-10-17/h3-10,15H,2,11-12H2,1H3/t15-/m1/s1. The molecule has 6 heteroatoms. The minimum Gasteiger partial charge on any atom is -0.334 e. The molecule has 1 saturated heterocycles. The van der Waals surface area contributed by atoms with E-state index in [2.05, 4.69) is 29.2 Å². The molecule has 3 aromatic rings. The van der Waals surface area contributed by atoms with Crippen LogP contribution in [-0.2, 0) is 11.2 Å². The van der Waals surface area contributed by atoms with E-state index >= 15 is 0 Å². The van der Waals surface area contributed by atoms with Gasteiger partial charge in [0, 0.05) is 35.2 Å². The number of hydrogen-bond acceptors (Lipinski definition) is 4. The Kier molecular flexibility index (Phi) is 4.47. The summed E-state index contributed by atoms with van der Waals surface area (Å²) in [7, 11) is 0. The number of carbonyl (C=O) groups is 1. The van der Waals surface area contributed by atoms with Crippen LogP contribution in [0, 0.1) is 0 Å². The number of benzene rings is 2. The summed E-state index contributed by atoms with van der Waals surface area (Å²) in [5.74, 6) is 1.03. The summed E-state index contributed by atoms with van der Waals surface area (Å²) in [6.45, 7) is 2.65. The van der Waals surface area contributed by atoms with Crippen molar-refractivity contribution in [3.05, 3.63) is 64.9 Å². The van der Waals surface area contributed by atoms with E-state index in [0.717, 1.165) is 17.7 Å². The first kappa shape index (κ1) is 16.8. The third-order valence-corrected chi connectivity index (χ3v) is 4.93. The molecule has 1 atom stereocenters. The third kappa shape index (κ3) is 3.22. The number of carbonyl (C=O) groups excluding carboxylic acids is 1. The summed E-state index contributed by atoms with van der Waals surface area (Å²) >= 11 is 5.92. The van der Waals surface area contributed by atoms with Gasteiger partial charge in [-0.05, 0) is 48.4 Å². The van der Waals surface area contributed by atoms with E-state index in [1.165, 1.54) is 5.56 Å². The Bertz CT molecular complexity index is 919. The van der Waals surface area contributed by atoms with Gasteiger partial charge in [-0.2, -0.15) is 4.98 Å². The summed E-state index contributed by atoms with van der Waals surface area (Å²) < 4.78 is 5.42. The van der Waals surface area contributed by atoms with Crippen molar-refractivity contribution in [2.24, 2.45) is 0 Å². The number of anilines is 1. The summed E-state index contributed by atoms with van der Waals surface area (Å²) in [6, 6.07) is 15.3. The molecule has 0 unspecified atom stereocenters. The minimum atomic E-state index is -0.0782. The molecule has 0 N–H and O–H groups in total. The van der Waals surface area contributed by atoms with Gasteiger partial charge >= 0.3 is 0 Å². The lowest BCUT2D eigenvalue weighted by atomic mass is 10.1. The van der Waals surface area contributed by atoms with Gasteiger partial charge < -0.3 is 9.42 Å². The first-order chi connectivity index (χ1) is 12.6. The lowest BCUT2D eigenvalue weighted by molar-refractivity contribution is -0.117. The normalized spacial score (nSPS) is 17.1. The van der Waals surface area contributed by atoms with Crippen LogP contribution in [0.2, 0.25) is 5.02 Å². The van der Waals surface area contributed by atoms with E-state index in [4.69, 9.17) is 16.1 Å². The maximum atomic E-state index is 12.4. The van der Waals surface area contributed by atoms with E-state index in [1.807, 2.05) is 24.3 Å². The molecular weight excluding hydrogens is 350 g/mol. The van der Waals surface area contributed by atoms with Gasteiger partial charge in [-0.15, -0.1) is 0 Å². The molecule has 0 bridgehead atoms. The second-order valence-corrected chi connectivity index (χ2v) is 6.83. The molecule has 132 valence electrons. The Labute approximate surface area is 156 Å². The summed E-state index contributed by atoms with van der Waals surface area (Å²) in [5, 5.41) is 4.75. The van der Waals surface area contributed by atoms with Gasteiger partial charge in [0.1, 0.15) is 0 Å². The number of nitrogens with zero attached hydrogens (tertiary/aromatic N) is 3. The number of halogens is 1. The maximum Gasteiger partial charge on any atom is 0.257 e. The predicted molar refractivity (Wildman–Crippen MR) is 100 cm³/mol. The topological polar surface area (TPSA) is 59.2 Å². The Balaban J connectivity index is 1.52. The minimum absolute atomic E-state index is 0.0518. The van der Waals surface area contributed by atoms with Crippen molar-refractivity contribution in [3.63, 3.8) is 0 Å². The molecule has 1 aromatic heterocycles. The first-order valence-electron chi connectivity index (χ1n) is 8.63. The zero-order valence-corrected chi connectivity index (χ0v) is 15.1. The van der Waals surface area contributed by atoms with Crippen molar-refractivity contribution >= 4 is 23.2 Å². The molecule has 2 aromatic carbocycles. The predicted octanol–water partition coefficient (Wildman–Crippen LogP) is 4.47. The fraction of sp³-hybridized carbons (Fsp3) is 0.250. The van der Waals surface area contributed by atoms with E-state index in [9.17, 15) is 4.79 Å². The van der Waals surface area contributed by atoms with Crippen LogP contribution in [0.25, 0.3) is 11.5 Å². The fourth-order valence-electron chi connectivity index (χ4n) is 3.15. The molecule has 0 radical (unpaired) electrons. The van der Waals surface area contributed by atoms with Crippen molar-refractivity contribution < 1.29 is 9.32 Å². The zero-order chi connectivity index (χ0) is 18.1. The van der Waals surface area contributed by atoms with Gasteiger partial charge in [0.05, 0.1) is 0 Å². The fourth-order valence-corrected chi connectivity index (χ4v) is 3.28. The van der Waals surface area contributed by atoms with Crippen LogP contribution in [0.5, 0.6) is 0 Å². The molecule has 1 aliphatic rings. The second-order valence-electron chi connectivity index (χ2n) is 6.39. The van der Waals surface area contributed by atoms with Crippen LogP contribution in [0.15, 0.2) is 53.1 Å². The highest BCUT2D eigenvalue weighted by molar-refractivity contribution is 6.30. The van der Waals surface area contributed by atoms with Crippen LogP contribution in [0.3, 0.4) is 0 Å². The second kappa shape index (κ2) is 6.92. The highest BCUT2D eigenvalue weighted by Crippen LogP contribution is 2.32. The Morgan fingerprint density at radius 2 is 1.88 bits per heavy atom. The number of rotatable bonds is 4. The summed E-state index contributed by atoms with van der Waals surface area (Å²) in [6.07, 6.45) is 1.36. The van der Waals surface area contributed by atoms with Crippen molar-refractivity contribution in [1.29, 1.82) is 0 Å². The van der Waals surface area contributed by atoms with E-state index < -0.39 is 0 Å². The monoisotopic (exact) mass is 367 g/mol. The lowest BCUT2D eigenvalue weighted by Crippen LogP contribution is -2.24. The van der Waals surface area contributed by atoms with E-state index in [1.54, 1.807) is 17.0 Å². The Morgan fingerprint density at radius 1 is 1.15 bits per heavy atom. The van der Waals surface area contributed by atoms with Gasteiger partial charge in [0.25, 0.3) is 5.89 Å². The number of aromatic nitrogens is 2. The van der Waals surface area contributed by atoms with Gasteiger partial charge in [0.15, 0.2) is 5.82 Å². The van der Waals surface area contributed by atoms with Crippen molar-refractivity contribution in [2.45, 2.75) is 25.7 Å². The average molecular weight is 368 g/mol. The maximum absolute atomic E-state index is 12.4. The molecule has 5 nitrogen and oxygen atoms in total. The van der Waals surface area contributed by atoms with Gasteiger partial charge in [-0.1, -0.05) is 35.8 Å². The highest BCUT2D eigenvalue weighted by Gasteiger charge is 2.34. The van der Waals surface area contributed by atoms with Crippen molar-refractivity contribution in [3.8, 4) is 11.5 Å². The van der Waals surface area contributed by atoms with Gasteiger partial charge in [-0.3, -0.25) is 4.79 Å².